The number of ether oxygens (including phenoxy) is 2. The van der Waals surface area contributed by atoms with Crippen molar-refractivity contribution in [3.05, 3.63) is 0 Å². The van der Waals surface area contributed by atoms with Crippen molar-refractivity contribution in [1.82, 2.24) is 0 Å². The topological polar surface area (TPSA) is 18.5 Å². The summed E-state index contributed by atoms with van der Waals surface area (Å²) in [6.45, 7) is 4.04. The second kappa shape index (κ2) is 6.36. The molecule has 94 valence electrons. The van der Waals surface area contributed by atoms with Crippen molar-refractivity contribution in [2.75, 3.05) is 13.2 Å². The van der Waals surface area contributed by atoms with Crippen LogP contribution in [0.4, 0.5) is 0 Å². The fourth-order valence-corrected chi connectivity index (χ4v) is 3.28. The van der Waals surface area contributed by atoms with Crippen LogP contribution in [0.15, 0.2) is 0 Å². The van der Waals surface area contributed by atoms with Crippen LogP contribution in [0.25, 0.3) is 0 Å². The minimum atomic E-state index is 0.0908. The van der Waals surface area contributed by atoms with E-state index in [4.69, 9.17) is 9.47 Å². The quantitative estimate of drug-likeness (QED) is 0.738. The Labute approximate surface area is 107 Å². The average Bonchev–Trinajstić information content (AvgIpc) is 2.32. The molecule has 2 fully saturated rings. The van der Waals surface area contributed by atoms with Crippen molar-refractivity contribution in [2.24, 2.45) is 11.8 Å². The zero-order chi connectivity index (χ0) is 11.4. The van der Waals surface area contributed by atoms with Crippen LogP contribution in [-0.2, 0) is 9.47 Å². The molecule has 0 unspecified atom stereocenters. The van der Waals surface area contributed by atoms with Crippen LogP contribution in [0.5, 0.6) is 0 Å². The molecule has 2 aliphatic rings. The van der Waals surface area contributed by atoms with Crippen LogP contribution in [0.3, 0.4) is 0 Å². The molecule has 0 bridgehead atoms. The van der Waals surface area contributed by atoms with Gasteiger partial charge < -0.3 is 9.47 Å². The van der Waals surface area contributed by atoms with Crippen molar-refractivity contribution in [1.29, 1.82) is 0 Å². The van der Waals surface area contributed by atoms with Gasteiger partial charge in [-0.3, -0.25) is 0 Å². The number of alkyl halides is 1. The smallest absolute Gasteiger partial charge is 0.160 e. The number of rotatable bonds is 3. The van der Waals surface area contributed by atoms with Gasteiger partial charge in [0, 0.05) is 16.7 Å². The average molecular weight is 291 g/mol. The van der Waals surface area contributed by atoms with Gasteiger partial charge in [0.2, 0.25) is 0 Å². The normalized spacial score (nSPS) is 40.9. The Hall–Kier alpha value is 0.400. The molecule has 3 heteroatoms. The Morgan fingerprint density at radius 3 is 2.25 bits per heavy atom. The number of hydrogen-bond acceptors (Lipinski definition) is 2. The predicted molar refractivity (Wildman–Crippen MR) is 68.8 cm³/mol. The first-order valence-corrected chi connectivity index (χ1v) is 7.58. The lowest BCUT2D eigenvalue weighted by Crippen LogP contribution is -2.38. The Morgan fingerprint density at radius 1 is 1.06 bits per heavy atom. The molecular weight excluding hydrogens is 268 g/mol. The fraction of sp³-hybridized carbons (Fsp3) is 1.00. The van der Waals surface area contributed by atoms with E-state index in [0.717, 1.165) is 18.0 Å². The maximum absolute atomic E-state index is 5.88. The van der Waals surface area contributed by atoms with E-state index < -0.39 is 0 Å². The maximum atomic E-state index is 5.88. The SMILES string of the molecule is CCC[C@H]1CO[C@H](C2CCC(Br)CC2)OC1. The van der Waals surface area contributed by atoms with Crippen LogP contribution >= 0.6 is 15.9 Å². The zero-order valence-electron chi connectivity index (χ0n) is 10.2. The molecule has 16 heavy (non-hydrogen) atoms. The summed E-state index contributed by atoms with van der Waals surface area (Å²) in [6.07, 6.45) is 7.60. The summed E-state index contributed by atoms with van der Waals surface area (Å²) < 4.78 is 11.8. The molecule has 0 N–H and O–H groups in total. The van der Waals surface area contributed by atoms with E-state index in [1.807, 2.05) is 0 Å². The summed E-state index contributed by atoms with van der Waals surface area (Å²) in [6, 6.07) is 0. The molecule has 0 amide bonds. The van der Waals surface area contributed by atoms with Crippen LogP contribution in [-0.4, -0.2) is 24.3 Å². The Morgan fingerprint density at radius 2 is 1.69 bits per heavy atom. The van der Waals surface area contributed by atoms with Gasteiger partial charge in [0.25, 0.3) is 0 Å². The molecule has 0 radical (unpaired) electrons. The second-order valence-corrected chi connectivity index (χ2v) is 6.50. The van der Waals surface area contributed by atoms with Crippen LogP contribution in [0, 0.1) is 11.8 Å². The molecule has 2 nitrogen and oxygen atoms in total. The molecule has 0 atom stereocenters. The minimum Gasteiger partial charge on any atom is -0.352 e. The summed E-state index contributed by atoms with van der Waals surface area (Å²) >= 11 is 3.69. The van der Waals surface area contributed by atoms with Crippen LogP contribution in [0.2, 0.25) is 0 Å². The first kappa shape index (κ1) is 12.8. The first-order chi connectivity index (χ1) is 7.79. The van der Waals surface area contributed by atoms with E-state index in [-0.39, 0.29) is 6.29 Å². The van der Waals surface area contributed by atoms with Crippen molar-refractivity contribution in [3.8, 4) is 0 Å². The molecule has 0 aromatic rings. The molecule has 0 spiro atoms. The Kier molecular flexibility index (Phi) is 5.11. The summed E-state index contributed by atoms with van der Waals surface area (Å²) in [7, 11) is 0. The molecule has 2 rings (SSSR count). The molecule has 0 aromatic carbocycles. The molecule has 1 aliphatic heterocycles. The summed E-state index contributed by atoms with van der Waals surface area (Å²) in [5.41, 5.74) is 0. The molecular formula is C13H23BrO2. The number of halogens is 1. The van der Waals surface area contributed by atoms with E-state index >= 15 is 0 Å². The van der Waals surface area contributed by atoms with E-state index in [2.05, 4.69) is 22.9 Å². The highest BCUT2D eigenvalue weighted by molar-refractivity contribution is 9.09. The van der Waals surface area contributed by atoms with Gasteiger partial charge >= 0.3 is 0 Å². The van der Waals surface area contributed by atoms with Gasteiger partial charge in [-0.15, -0.1) is 0 Å². The van der Waals surface area contributed by atoms with E-state index in [0.29, 0.717) is 11.8 Å². The highest BCUT2D eigenvalue weighted by atomic mass is 79.9. The van der Waals surface area contributed by atoms with Gasteiger partial charge in [0.15, 0.2) is 6.29 Å². The van der Waals surface area contributed by atoms with Gasteiger partial charge in [-0.1, -0.05) is 29.3 Å². The molecule has 1 saturated heterocycles. The first-order valence-electron chi connectivity index (χ1n) is 6.67. The third kappa shape index (κ3) is 3.44. The largest absolute Gasteiger partial charge is 0.352 e. The van der Waals surface area contributed by atoms with E-state index in [9.17, 15) is 0 Å². The minimum absolute atomic E-state index is 0.0908. The van der Waals surface area contributed by atoms with E-state index in [1.54, 1.807) is 0 Å². The molecule has 0 aromatic heterocycles. The van der Waals surface area contributed by atoms with Gasteiger partial charge in [-0.2, -0.15) is 0 Å². The van der Waals surface area contributed by atoms with Crippen LogP contribution < -0.4 is 0 Å². The monoisotopic (exact) mass is 290 g/mol. The van der Waals surface area contributed by atoms with Crippen molar-refractivity contribution < 1.29 is 9.47 Å². The third-order valence-corrected chi connectivity index (χ3v) is 4.69. The van der Waals surface area contributed by atoms with Gasteiger partial charge in [-0.05, 0) is 32.1 Å². The zero-order valence-corrected chi connectivity index (χ0v) is 11.7. The summed E-state index contributed by atoms with van der Waals surface area (Å²) in [5.74, 6) is 1.27. The van der Waals surface area contributed by atoms with Crippen LogP contribution in [0.1, 0.15) is 45.4 Å². The summed E-state index contributed by atoms with van der Waals surface area (Å²) in [4.78, 5) is 0.722. The van der Waals surface area contributed by atoms with Crippen molar-refractivity contribution in [2.45, 2.75) is 56.6 Å². The van der Waals surface area contributed by atoms with E-state index in [1.165, 1.54) is 38.5 Å². The lowest BCUT2D eigenvalue weighted by atomic mass is 9.88. The Bertz CT molecular complexity index is 194. The van der Waals surface area contributed by atoms with Gasteiger partial charge in [-0.25, -0.2) is 0 Å². The van der Waals surface area contributed by atoms with Gasteiger partial charge in [0.1, 0.15) is 0 Å². The highest BCUT2D eigenvalue weighted by Crippen LogP contribution is 2.34. The van der Waals surface area contributed by atoms with Crippen molar-refractivity contribution >= 4 is 15.9 Å². The lowest BCUT2D eigenvalue weighted by molar-refractivity contribution is -0.228. The third-order valence-electron chi connectivity index (χ3n) is 3.78. The van der Waals surface area contributed by atoms with Gasteiger partial charge in [0.05, 0.1) is 13.2 Å². The fourth-order valence-electron chi connectivity index (χ4n) is 2.76. The molecule has 1 aliphatic carbocycles. The second-order valence-electron chi connectivity index (χ2n) is 5.20. The lowest BCUT2D eigenvalue weighted by Gasteiger charge is -2.36. The van der Waals surface area contributed by atoms with Crippen molar-refractivity contribution in [3.63, 3.8) is 0 Å². The Balaban J connectivity index is 1.72. The standard InChI is InChI=1S/C13H23BrO2/c1-2-3-10-8-15-13(16-9-10)11-4-6-12(14)7-5-11/h10-13H,2-9H2,1H3/t10-,11?,12?,13-. The highest BCUT2D eigenvalue weighted by Gasteiger charge is 2.31. The number of hydrogen-bond donors (Lipinski definition) is 0. The maximum Gasteiger partial charge on any atom is 0.160 e. The summed E-state index contributed by atoms with van der Waals surface area (Å²) in [5, 5.41) is 0. The predicted octanol–water partition coefficient (Wildman–Crippen LogP) is 3.73. The molecule has 1 heterocycles. The molecule has 1 saturated carbocycles.